The van der Waals surface area contributed by atoms with Crippen LogP contribution in [0.15, 0.2) is 36.8 Å². The summed E-state index contributed by atoms with van der Waals surface area (Å²) in [5.41, 5.74) is 7.75. The molecule has 2 rings (SSSR count). The van der Waals surface area contributed by atoms with Crippen molar-refractivity contribution >= 4 is 0 Å². The first-order valence-electron chi connectivity index (χ1n) is 6.11. The summed E-state index contributed by atoms with van der Waals surface area (Å²) >= 11 is 0. The van der Waals surface area contributed by atoms with Crippen LogP contribution in [0.4, 0.5) is 4.39 Å². The van der Waals surface area contributed by atoms with Crippen molar-refractivity contribution in [3.63, 3.8) is 0 Å². The summed E-state index contributed by atoms with van der Waals surface area (Å²) in [5, 5.41) is 0. The fourth-order valence-corrected chi connectivity index (χ4v) is 2.12. The minimum atomic E-state index is -0.232. The molecule has 0 amide bonds. The van der Waals surface area contributed by atoms with Crippen molar-refractivity contribution in [3.8, 4) is 11.3 Å². The molecule has 0 saturated heterocycles. The Balaban J connectivity index is 2.41. The standard InChI is InChI=1S/C14H18FN3/c1-10(2)13(7-16)18-9-17-8-14(18)11-3-5-12(15)6-4-11/h3-6,8-10,13H,7,16H2,1-2H3. The smallest absolute Gasteiger partial charge is 0.123 e. The van der Waals surface area contributed by atoms with Crippen molar-refractivity contribution < 1.29 is 4.39 Å². The highest BCUT2D eigenvalue weighted by molar-refractivity contribution is 5.58. The molecule has 0 spiro atoms. The zero-order valence-corrected chi connectivity index (χ0v) is 10.7. The van der Waals surface area contributed by atoms with Gasteiger partial charge in [0, 0.05) is 12.6 Å². The Hall–Kier alpha value is -1.68. The molecule has 1 aromatic heterocycles. The second-order valence-corrected chi connectivity index (χ2v) is 4.74. The molecule has 0 aliphatic rings. The number of hydrogen-bond donors (Lipinski definition) is 1. The number of nitrogens with two attached hydrogens (primary N) is 1. The molecule has 3 nitrogen and oxygen atoms in total. The van der Waals surface area contributed by atoms with E-state index in [1.54, 1.807) is 24.7 Å². The van der Waals surface area contributed by atoms with Gasteiger partial charge in [-0.15, -0.1) is 0 Å². The SMILES string of the molecule is CC(C)C(CN)n1cncc1-c1ccc(F)cc1. The molecule has 0 radical (unpaired) electrons. The van der Waals surface area contributed by atoms with Gasteiger partial charge in [-0.2, -0.15) is 0 Å². The topological polar surface area (TPSA) is 43.8 Å². The summed E-state index contributed by atoms with van der Waals surface area (Å²) in [6.07, 6.45) is 3.58. The number of halogens is 1. The first kappa shape index (κ1) is 12.8. The molecular formula is C14H18FN3. The Labute approximate surface area is 106 Å². The van der Waals surface area contributed by atoms with E-state index in [0.717, 1.165) is 11.3 Å². The molecule has 1 atom stereocenters. The molecule has 0 aliphatic heterocycles. The van der Waals surface area contributed by atoms with Gasteiger partial charge in [-0.1, -0.05) is 13.8 Å². The van der Waals surface area contributed by atoms with E-state index in [0.29, 0.717) is 12.5 Å². The highest BCUT2D eigenvalue weighted by Crippen LogP contribution is 2.25. The maximum absolute atomic E-state index is 12.9. The highest BCUT2D eigenvalue weighted by atomic mass is 19.1. The number of imidazole rings is 1. The van der Waals surface area contributed by atoms with Crippen molar-refractivity contribution in [2.75, 3.05) is 6.54 Å². The van der Waals surface area contributed by atoms with Crippen molar-refractivity contribution in [1.82, 2.24) is 9.55 Å². The van der Waals surface area contributed by atoms with Gasteiger partial charge in [0.1, 0.15) is 5.82 Å². The van der Waals surface area contributed by atoms with E-state index in [9.17, 15) is 4.39 Å². The largest absolute Gasteiger partial charge is 0.328 e. The maximum Gasteiger partial charge on any atom is 0.123 e. The molecule has 0 fully saturated rings. The summed E-state index contributed by atoms with van der Waals surface area (Å²) < 4.78 is 15.0. The molecule has 4 heteroatoms. The summed E-state index contributed by atoms with van der Waals surface area (Å²) in [5.74, 6) is 0.187. The number of hydrogen-bond acceptors (Lipinski definition) is 2. The second-order valence-electron chi connectivity index (χ2n) is 4.74. The lowest BCUT2D eigenvalue weighted by atomic mass is 10.0. The number of aromatic nitrogens is 2. The van der Waals surface area contributed by atoms with Gasteiger partial charge < -0.3 is 10.3 Å². The van der Waals surface area contributed by atoms with Crippen molar-refractivity contribution in [2.24, 2.45) is 11.7 Å². The summed E-state index contributed by atoms with van der Waals surface area (Å²) in [6, 6.07) is 6.64. The van der Waals surface area contributed by atoms with Crippen LogP contribution >= 0.6 is 0 Å². The highest BCUT2D eigenvalue weighted by Gasteiger charge is 2.17. The third-order valence-corrected chi connectivity index (χ3v) is 3.17. The average Bonchev–Trinajstić information content (AvgIpc) is 2.79. The second kappa shape index (κ2) is 5.31. The molecule has 1 heterocycles. The molecule has 0 bridgehead atoms. The van der Waals surface area contributed by atoms with Gasteiger partial charge >= 0.3 is 0 Å². The Morgan fingerprint density at radius 3 is 2.50 bits per heavy atom. The molecule has 2 N–H and O–H groups in total. The zero-order valence-electron chi connectivity index (χ0n) is 10.7. The molecule has 0 saturated carbocycles. The van der Waals surface area contributed by atoms with Crippen LogP contribution in [0, 0.1) is 11.7 Å². The van der Waals surface area contributed by atoms with E-state index in [4.69, 9.17) is 5.73 Å². The maximum atomic E-state index is 12.9. The first-order valence-corrected chi connectivity index (χ1v) is 6.11. The average molecular weight is 247 g/mol. The van der Waals surface area contributed by atoms with Crippen LogP contribution in [0.2, 0.25) is 0 Å². The van der Waals surface area contributed by atoms with E-state index in [2.05, 4.69) is 23.4 Å². The predicted molar refractivity (Wildman–Crippen MR) is 70.6 cm³/mol. The summed E-state index contributed by atoms with van der Waals surface area (Å²) in [4.78, 5) is 4.19. The van der Waals surface area contributed by atoms with Gasteiger partial charge in [-0.25, -0.2) is 9.37 Å². The van der Waals surface area contributed by atoms with E-state index >= 15 is 0 Å². The minimum Gasteiger partial charge on any atom is -0.328 e. The number of benzene rings is 1. The van der Waals surface area contributed by atoms with Crippen molar-refractivity contribution in [1.29, 1.82) is 0 Å². The fourth-order valence-electron chi connectivity index (χ4n) is 2.12. The monoisotopic (exact) mass is 247 g/mol. The normalized spacial score (nSPS) is 12.9. The lowest BCUT2D eigenvalue weighted by molar-refractivity contribution is 0.387. The van der Waals surface area contributed by atoms with Gasteiger partial charge in [0.25, 0.3) is 0 Å². The molecule has 1 unspecified atom stereocenters. The fraction of sp³-hybridized carbons (Fsp3) is 0.357. The van der Waals surface area contributed by atoms with E-state index in [-0.39, 0.29) is 11.9 Å². The molecular weight excluding hydrogens is 229 g/mol. The van der Waals surface area contributed by atoms with Crippen LogP contribution in [0.5, 0.6) is 0 Å². The van der Waals surface area contributed by atoms with Crippen LogP contribution in [0.1, 0.15) is 19.9 Å². The Kier molecular flexibility index (Phi) is 3.77. The lowest BCUT2D eigenvalue weighted by Crippen LogP contribution is -2.24. The van der Waals surface area contributed by atoms with Crippen LogP contribution < -0.4 is 5.73 Å². The van der Waals surface area contributed by atoms with E-state index in [1.165, 1.54) is 12.1 Å². The van der Waals surface area contributed by atoms with Crippen LogP contribution in [-0.2, 0) is 0 Å². The van der Waals surface area contributed by atoms with Crippen LogP contribution in [0.25, 0.3) is 11.3 Å². The molecule has 1 aromatic carbocycles. The Bertz CT molecular complexity index is 502. The van der Waals surface area contributed by atoms with E-state index < -0.39 is 0 Å². The molecule has 18 heavy (non-hydrogen) atoms. The van der Waals surface area contributed by atoms with Gasteiger partial charge in [0.2, 0.25) is 0 Å². The van der Waals surface area contributed by atoms with Gasteiger partial charge in [0.05, 0.1) is 18.2 Å². The predicted octanol–water partition coefficient (Wildman–Crippen LogP) is 2.85. The van der Waals surface area contributed by atoms with Gasteiger partial charge in [0.15, 0.2) is 0 Å². The molecule has 0 aliphatic carbocycles. The first-order chi connectivity index (χ1) is 8.63. The summed E-state index contributed by atoms with van der Waals surface area (Å²) in [7, 11) is 0. The van der Waals surface area contributed by atoms with Crippen LogP contribution in [-0.4, -0.2) is 16.1 Å². The molecule has 2 aromatic rings. The van der Waals surface area contributed by atoms with Crippen molar-refractivity contribution in [2.45, 2.75) is 19.9 Å². The zero-order chi connectivity index (χ0) is 13.1. The number of nitrogens with zero attached hydrogens (tertiary/aromatic N) is 2. The molecule has 96 valence electrons. The number of rotatable bonds is 4. The minimum absolute atomic E-state index is 0.201. The quantitative estimate of drug-likeness (QED) is 0.902. The van der Waals surface area contributed by atoms with Gasteiger partial charge in [-0.3, -0.25) is 0 Å². The summed E-state index contributed by atoms with van der Waals surface area (Å²) in [6.45, 7) is 4.82. The van der Waals surface area contributed by atoms with Crippen LogP contribution in [0.3, 0.4) is 0 Å². The third-order valence-electron chi connectivity index (χ3n) is 3.17. The Morgan fingerprint density at radius 2 is 1.94 bits per heavy atom. The Morgan fingerprint density at radius 1 is 1.28 bits per heavy atom. The van der Waals surface area contributed by atoms with E-state index in [1.807, 2.05) is 0 Å². The van der Waals surface area contributed by atoms with Crippen molar-refractivity contribution in [3.05, 3.63) is 42.6 Å². The third kappa shape index (κ3) is 2.43. The van der Waals surface area contributed by atoms with Gasteiger partial charge in [-0.05, 0) is 35.7 Å². The lowest BCUT2D eigenvalue weighted by Gasteiger charge is -2.23.